The predicted octanol–water partition coefficient (Wildman–Crippen LogP) is 3.93. The number of nitriles is 1. The third-order valence-corrected chi connectivity index (χ3v) is 3.97. The minimum atomic E-state index is -0.988. The minimum Gasteiger partial charge on any atom is -0.385 e. The maximum absolute atomic E-state index is 10.9. The van der Waals surface area contributed by atoms with Crippen molar-refractivity contribution in [1.82, 2.24) is 0 Å². The highest BCUT2D eigenvalue weighted by molar-refractivity contribution is 5.41. The lowest BCUT2D eigenvalue weighted by Gasteiger charge is -2.26. The number of rotatable bonds is 3. The first-order chi connectivity index (χ1) is 9.83. The largest absolute Gasteiger partial charge is 0.385 e. The maximum Gasteiger partial charge on any atom is 0.0991 e. The lowest BCUT2D eigenvalue weighted by atomic mass is 9.85. The number of aliphatic hydroxyl groups is 1. The van der Waals surface area contributed by atoms with Crippen LogP contribution in [0.4, 0.5) is 0 Å². The molecule has 2 rings (SSSR count). The Bertz CT molecular complexity index is 685. The number of benzene rings is 2. The van der Waals surface area contributed by atoms with Crippen molar-refractivity contribution in [2.75, 3.05) is 0 Å². The highest BCUT2D eigenvalue weighted by atomic mass is 16.3. The molecule has 0 bridgehead atoms. The monoisotopic (exact) mass is 279 g/mol. The van der Waals surface area contributed by atoms with Crippen molar-refractivity contribution < 1.29 is 5.11 Å². The van der Waals surface area contributed by atoms with E-state index in [0.717, 1.165) is 5.56 Å². The van der Waals surface area contributed by atoms with E-state index in [1.165, 1.54) is 22.3 Å². The van der Waals surface area contributed by atoms with Crippen LogP contribution in [0.3, 0.4) is 0 Å². The predicted molar refractivity (Wildman–Crippen MR) is 85.1 cm³/mol. The number of aryl methyl sites for hydroxylation is 3. The molecule has 0 amide bonds. The zero-order valence-electron chi connectivity index (χ0n) is 13.1. The molecule has 0 aliphatic carbocycles. The Hall–Kier alpha value is -2.11. The van der Waals surface area contributed by atoms with Crippen LogP contribution < -0.4 is 0 Å². The molecule has 0 radical (unpaired) electrons. The topological polar surface area (TPSA) is 44.0 Å². The molecule has 0 saturated carbocycles. The number of nitrogens with zero attached hydrogens (tertiary/aromatic N) is 1. The van der Waals surface area contributed by atoms with Crippen LogP contribution in [0.25, 0.3) is 0 Å². The summed E-state index contributed by atoms with van der Waals surface area (Å²) >= 11 is 0. The summed E-state index contributed by atoms with van der Waals surface area (Å²) in [5.74, 6) is 0. The SMILES string of the molecule is Cc1cc(C)c(CC(C)(O)c2cccc(C#N)c2)c(C)c1. The first-order valence-electron chi connectivity index (χ1n) is 7.13. The Kier molecular flexibility index (Phi) is 4.16. The molecule has 2 aromatic carbocycles. The van der Waals surface area contributed by atoms with Crippen molar-refractivity contribution in [2.45, 2.75) is 39.7 Å². The highest BCUT2D eigenvalue weighted by Crippen LogP contribution is 2.29. The summed E-state index contributed by atoms with van der Waals surface area (Å²) in [5.41, 5.74) is 5.17. The molecule has 0 heterocycles. The second kappa shape index (κ2) is 5.71. The van der Waals surface area contributed by atoms with E-state index in [4.69, 9.17) is 5.26 Å². The molecular weight excluding hydrogens is 258 g/mol. The molecule has 1 unspecified atom stereocenters. The van der Waals surface area contributed by atoms with E-state index in [9.17, 15) is 5.11 Å². The van der Waals surface area contributed by atoms with Gasteiger partial charge in [0.15, 0.2) is 0 Å². The molecule has 0 aliphatic rings. The normalized spacial score (nSPS) is 13.5. The summed E-state index contributed by atoms with van der Waals surface area (Å²) in [6.45, 7) is 8.05. The average molecular weight is 279 g/mol. The van der Waals surface area contributed by atoms with Gasteiger partial charge in [0.1, 0.15) is 0 Å². The average Bonchev–Trinajstić information content (AvgIpc) is 2.43. The molecule has 0 fully saturated rings. The molecule has 0 saturated heterocycles. The van der Waals surface area contributed by atoms with Crippen LogP contribution in [0, 0.1) is 32.1 Å². The van der Waals surface area contributed by atoms with Crippen LogP contribution in [0.2, 0.25) is 0 Å². The fourth-order valence-electron chi connectivity index (χ4n) is 2.86. The van der Waals surface area contributed by atoms with Gasteiger partial charge in [-0.15, -0.1) is 0 Å². The van der Waals surface area contributed by atoms with Gasteiger partial charge in [0.2, 0.25) is 0 Å². The van der Waals surface area contributed by atoms with Gasteiger partial charge in [0.25, 0.3) is 0 Å². The zero-order valence-corrected chi connectivity index (χ0v) is 13.1. The summed E-state index contributed by atoms with van der Waals surface area (Å²) < 4.78 is 0. The molecule has 21 heavy (non-hydrogen) atoms. The van der Waals surface area contributed by atoms with E-state index >= 15 is 0 Å². The Balaban J connectivity index is 2.40. The maximum atomic E-state index is 10.9. The highest BCUT2D eigenvalue weighted by Gasteiger charge is 2.25. The Morgan fingerprint density at radius 1 is 1.10 bits per heavy atom. The van der Waals surface area contributed by atoms with Crippen LogP contribution in [0.15, 0.2) is 36.4 Å². The van der Waals surface area contributed by atoms with Gasteiger partial charge in [-0.2, -0.15) is 5.26 Å². The Morgan fingerprint density at radius 2 is 1.71 bits per heavy atom. The second-order valence-corrected chi connectivity index (χ2v) is 6.02. The summed E-state index contributed by atoms with van der Waals surface area (Å²) in [6, 6.07) is 13.6. The van der Waals surface area contributed by atoms with Gasteiger partial charge in [0.05, 0.1) is 17.2 Å². The van der Waals surface area contributed by atoms with Crippen molar-refractivity contribution in [3.8, 4) is 6.07 Å². The van der Waals surface area contributed by atoms with Gasteiger partial charge >= 0.3 is 0 Å². The lowest BCUT2D eigenvalue weighted by molar-refractivity contribution is 0.0572. The van der Waals surface area contributed by atoms with Gasteiger partial charge < -0.3 is 5.11 Å². The summed E-state index contributed by atoms with van der Waals surface area (Å²) in [4.78, 5) is 0. The Morgan fingerprint density at radius 3 is 2.29 bits per heavy atom. The molecule has 2 heteroatoms. The first-order valence-corrected chi connectivity index (χ1v) is 7.13. The van der Waals surface area contributed by atoms with Crippen molar-refractivity contribution >= 4 is 0 Å². The number of hydrogen-bond acceptors (Lipinski definition) is 2. The quantitative estimate of drug-likeness (QED) is 0.925. The van der Waals surface area contributed by atoms with E-state index in [1.807, 2.05) is 19.1 Å². The van der Waals surface area contributed by atoms with E-state index in [-0.39, 0.29) is 0 Å². The summed E-state index contributed by atoms with van der Waals surface area (Å²) in [7, 11) is 0. The van der Waals surface area contributed by atoms with E-state index < -0.39 is 5.60 Å². The van der Waals surface area contributed by atoms with Gasteiger partial charge in [-0.1, -0.05) is 29.8 Å². The fourth-order valence-corrected chi connectivity index (χ4v) is 2.86. The lowest BCUT2D eigenvalue weighted by Crippen LogP contribution is -2.25. The first kappa shape index (κ1) is 15.3. The van der Waals surface area contributed by atoms with Gasteiger partial charge in [-0.25, -0.2) is 0 Å². The minimum absolute atomic E-state index is 0.541. The van der Waals surface area contributed by atoms with Crippen LogP contribution in [0.5, 0.6) is 0 Å². The van der Waals surface area contributed by atoms with Crippen molar-refractivity contribution in [2.24, 2.45) is 0 Å². The third kappa shape index (κ3) is 3.32. The fraction of sp³-hybridized carbons (Fsp3) is 0.316. The molecule has 108 valence electrons. The third-order valence-electron chi connectivity index (χ3n) is 3.97. The summed E-state index contributed by atoms with van der Waals surface area (Å²) in [5, 5.41) is 19.9. The standard InChI is InChI=1S/C19H21NO/c1-13-8-14(2)18(15(3)9-13)11-19(4,21)17-7-5-6-16(10-17)12-20/h5-10,21H,11H2,1-4H3. The van der Waals surface area contributed by atoms with Gasteiger partial charge in [-0.3, -0.25) is 0 Å². The molecule has 0 aliphatic heterocycles. The van der Waals surface area contributed by atoms with Crippen LogP contribution >= 0.6 is 0 Å². The van der Waals surface area contributed by atoms with Crippen molar-refractivity contribution in [1.29, 1.82) is 5.26 Å². The van der Waals surface area contributed by atoms with E-state index in [2.05, 4.69) is 39.0 Å². The van der Waals surface area contributed by atoms with Crippen LogP contribution in [-0.2, 0) is 12.0 Å². The van der Waals surface area contributed by atoms with Crippen molar-refractivity contribution in [3.63, 3.8) is 0 Å². The van der Waals surface area contributed by atoms with E-state index in [0.29, 0.717) is 12.0 Å². The van der Waals surface area contributed by atoms with Gasteiger partial charge in [-0.05, 0) is 62.1 Å². The molecular formula is C19H21NO. The van der Waals surface area contributed by atoms with Crippen molar-refractivity contribution in [3.05, 3.63) is 69.8 Å². The van der Waals surface area contributed by atoms with Crippen LogP contribution in [-0.4, -0.2) is 5.11 Å². The molecule has 0 spiro atoms. The molecule has 2 nitrogen and oxygen atoms in total. The molecule has 1 atom stereocenters. The Labute approximate surface area is 126 Å². The summed E-state index contributed by atoms with van der Waals surface area (Å²) in [6.07, 6.45) is 0.541. The van der Waals surface area contributed by atoms with Crippen LogP contribution in [0.1, 0.15) is 40.3 Å². The number of hydrogen-bond donors (Lipinski definition) is 1. The molecule has 0 aromatic heterocycles. The smallest absolute Gasteiger partial charge is 0.0991 e. The van der Waals surface area contributed by atoms with E-state index in [1.54, 1.807) is 12.1 Å². The molecule has 1 N–H and O–H groups in total. The van der Waals surface area contributed by atoms with Gasteiger partial charge in [0, 0.05) is 6.42 Å². The second-order valence-electron chi connectivity index (χ2n) is 6.02. The zero-order chi connectivity index (χ0) is 15.6. The molecule has 2 aromatic rings.